The monoisotopic (exact) mass is 381 g/mol. The lowest BCUT2D eigenvalue weighted by Crippen LogP contribution is -2.42. The van der Waals surface area contributed by atoms with Gasteiger partial charge < -0.3 is 9.64 Å². The van der Waals surface area contributed by atoms with Crippen molar-refractivity contribution in [1.29, 1.82) is 5.26 Å². The summed E-state index contributed by atoms with van der Waals surface area (Å²) in [6, 6.07) is 18.8. The van der Waals surface area contributed by atoms with E-state index in [1.165, 1.54) is 0 Å². The largest absolute Gasteiger partial charge is 0.491 e. The molecule has 2 aromatic carbocycles. The van der Waals surface area contributed by atoms with Crippen LogP contribution in [0.15, 0.2) is 54.6 Å². The van der Waals surface area contributed by atoms with E-state index in [0.717, 1.165) is 5.56 Å². The molecule has 6 heteroatoms. The van der Waals surface area contributed by atoms with Gasteiger partial charge in [0.1, 0.15) is 5.75 Å². The van der Waals surface area contributed by atoms with E-state index < -0.39 is 0 Å². The van der Waals surface area contributed by atoms with Crippen LogP contribution in [0.2, 0.25) is 0 Å². The summed E-state index contributed by atoms with van der Waals surface area (Å²) in [4.78, 5) is 14.3. The van der Waals surface area contributed by atoms with Crippen LogP contribution in [0.4, 0.5) is 0 Å². The molecule has 27 heavy (non-hydrogen) atoms. The molecule has 140 valence electrons. The van der Waals surface area contributed by atoms with Crippen LogP contribution in [0.3, 0.4) is 0 Å². The Kier molecular flexibility index (Phi) is 7.78. The van der Waals surface area contributed by atoms with Gasteiger partial charge in [-0.2, -0.15) is 5.26 Å². The minimum absolute atomic E-state index is 0.0731. The Hall–Kier alpha value is -2.91. The van der Waals surface area contributed by atoms with Crippen molar-refractivity contribution in [2.45, 2.75) is 32.9 Å². The molecule has 0 fully saturated rings. The van der Waals surface area contributed by atoms with Crippen LogP contribution in [0.5, 0.6) is 5.75 Å². The lowest BCUT2D eigenvalue weighted by atomic mass is 10.2. The molecular weight excluding hydrogens is 358 g/mol. The van der Waals surface area contributed by atoms with Gasteiger partial charge in [0, 0.05) is 18.7 Å². The second kappa shape index (κ2) is 10.3. The van der Waals surface area contributed by atoms with Gasteiger partial charge in [0.15, 0.2) is 5.11 Å². The van der Waals surface area contributed by atoms with Crippen LogP contribution >= 0.6 is 12.2 Å². The number of benzene rings is 2. The van der Waals surface area contributed by atoms with Crippen molar-refractivity contribution in [2.75, 3.05) is 6.54 Å². The predicted molar refractivity (Wildman–Crippen MR) is 109 cm³/mol. The first-order valence-electron chi connectivity index (χ1n) is 8.77. The number of carbonyl (C=O) groups excluding carboxylic acids is 1. The van der Waals surface area contributed by atoms with Crippen molar-refractivity contribution < 1.29 is 9.53 Å². The molecule has 0 aliphatic rings. The van der Waals surface area contributed by atoms with E-state index in [2.05, 4.69) is 11.4 Å². The fraction of sp³-hybridized carbons (Fsp3) is 0.286. The molecule has 0 bridgehead atoms. The van der Waals surface area contributed by atoms with Crippen molar-refractivity contribution in [3.63, 3.8) is 0 Å². The second-order valence-electron chi connectivity index (χ2n) is 6.27. The average molecular weight is 382 g/mol. The minimum Gasteiger partial charge on any atom is -0.491 e. The summed E-state index contributed by atoms with van der Waals surface area (Å²) in [6.45, 7) is 4.87. The third kappa shape index (κ3) is 6.72. The van der Waals surface area contributed by atoms with Crippen LogP contribution < -0.4 is 10.1 Å². The molecule has 0 heterocycles. The quantitative estimate of drug-likeness (QED) is 0.737. The maximum atomic E-state index is 12.5. The standard InChI is InChI=1S/C21H23N3O2S/c1-16(2)26-19-11-9-18(10-12-19)20(25)23-21(27)24(14-6-13-22)15-17-7-4-3-5-8-17/h3-5,7-12,16H,6,14-15H2,1-2H3,(H,23,25,27). The van der Waals surface area contributed by atoms with E-state index in [-0.39, 0.29) is 12.0 Å². The van der Waals surface area contributed by atoms with Crippen molar-refractivity contribution in [1.82, 2.24) is 10.2 Å². The number of hydrogen-bond donors (Lipinski definition) is 1. The zero-order valence-electron chi connectivity index (χ0n) is 15.5. The van der Waals surface area contributed by atoms with E-state index in [4.69, 9.17) is 22.2 Å². The van der Waals surface area contributed by atoms with Crippen molar-refractivity contribution in [3.8, 4) is 11.8 Å². The fourth-order valence-corrected chi connectivity index (χ4v) is 2.70. The number of nitrogens with one attached hydrogen (secondary N) is 1. The Labute approximate surface area is 165 Å². The molecule has 0 aliphatic heterocycles. The number of hydrogen-bond acceptors (Lipinski definition) is 4. The molecule has 2 aromatic rings. The molecule has 0 aliphatic carbocycles. The topological polar surface area (TPSA) is 65.4 Å². The maximum Gasteiger partial charge on any atom is 0.257 e. The zero-order chi connectivity index (χ0) is 19.6. The predicted octanol–water partition coefficient (Wildman–Crippen LogP) is 3.90. The van der Waals surface area contributed by atoms with Gasteiger partial charge in [0.2, 0.25) is 0 Å². The first-order chi connectivity index (χ1) is 13.0. The minimum atomic E-state index is -0.286. The molecule has 0 aromatic heterocycles. The van der Waals surface area contributed by atoms with E-state index in [1.54, 1.807) is 24.3 Å². The molecule has 0 radical (unpaired) electrons. The normalized spacial score (nSPS) is 10.1. The summed E-state index contributed by atoms with van der Waals surface area (Å²) in [5.74, 6) is 0.426. The second-order valence-corrected chi connectivity index (χ2v) is 6.65. The molecule has 2 rings (SSSR count). The van der Waals surface area contributed by atoms with Crippen molar-refractivity contribution >= 4 is 23.2 Å². The van der Waals surface area contributed by atoms with E-state index >= 15 is 0 Å². The summed E-state index contributed by atoms with van der Waals surface area (Å²) in [5.41, 5.74) is 1.55. The molecule has 0 unspecified atom stereocenters. The molecule has 0 saturated carbocycles. The van der Waals surface area contributed by atoms with Gasteiger partial charge in [-0.15, -0.1) is 0 Å². The average Bonchev–Trinajstić information content (AvgIpc) is 2.66. The number of carbonyl (C=O) groups is 1. The number of rotatable bonds is 7. The van der Waals surface area contributed by atoms with Crippen LogP contribution in [-0.4, -0.2) is 28.6 Å². The highest BCUT2D eigenvalue weighted by Crippen LogP contribution is 2.14. The van der Waals surface area contributed by atoms with Gasteiger partial charge in [-0.05, 0) is 55.9 Å². The first kappa shape index (κ1) is 20.4. The first-order valence-corrected chi connectivity index (χ1v) is 9.18. The third-order valence-electron chi connectivity index (χ3n) is 3.71. The van der Waals surface area contributed by atoms with Crippen molar-refractivity contribution in [3.05, 3.63) is 65.7 Å². The molecular formula is C21H23N3O2S. The Balaban J connectivity index is 2.02. The third-order valence-corrected chi connectivity index (χ3v) is 4.07. The Morgan fingerprint density at radius 2 is 1.85 bits per heavy atom. The lowest BCUT2D eigenvalue weighted by Gasteiger charge is -2.24. The maximum absolute atomic E-state index is 12.5. The van der Waals surface area contributed by atoms with Gasteiger partial charge in [-0.1, -0.05) is 30.3 Å². The highest BCUT2D eigenvalue weighted by Gasteiger charge is 2.14. The molecule has 0 atom stereocenters. The Morgan fingerprint density at radius 1 is 1.19 bits per heavy atom. The van der Waals surface area contributed by atoms with Crippen LogP contribution in [0.25, 0.3) is 0 Å². The molecule has 0 saturated heterocycles. The SMILES string of the molecule is CC(C)Oc1ccc(C(=O)NC(=S)N(CCC#N)Cc2ccccc2)cc1. The number of nitrogens with zero attached hydrogens (tertiary/aromatic N) is 2. The van der Waals surface area contributed by atoms with Gasteiger partial charge in [0.05, 0.1) is 18.6 Å². The summed E-state index contributed by atoms with van der Waals surface area (Å²) < 4.78 is 5.58. The Bertz CT molecular complexity index is 798. The van der Waals surface area contributed by atoms with Crippen LogP contribution in [-0.2, 0) is 6.54 Å². The van der Waals surface area contributed by atoms with Gasteiger partial charge >= 0.3 is 0 Å². The summed E-state index contributed by atoms with van der Waals surface area (Å²) >= 11 is 5.41. The van der Waals surface area contributed by atoms with E-state index in [1.807, 2.05) is 49.1 Å². The fourth-order valence-electron chi connectivity index (χ4n) is 2.45. The van der Waals surface area contributed by atoms with Gasteiger partial charge in [-0.25, -0.2) is 0 Å². The molecule has 0 spiro atoms. The molecule has 1 N–H and O–H groups in total. The van der Waals surface area contributed by atoms with E-state index in [0.29, 0.717) is 35.9 Å². The number of ether oxygens (including phenoxy) is 1. The summed E-state index contributed by atoms with van der Waals surface area (Å²) in [6.07, 6.45) is 0.397. The Morgan fingerprint density at radius 3 is 2.44 bits per heavy atom. The highest BCUT2D eigenvalue weighted by molar-refractivity contribution is 7.80. The lowest BCUT2D eigenvalue weighted by molar-refractivity contribution is 0.0973. The van der Waals surface area contributed by atoms with E-state index in [9.17, 15) is 4.79 Å². The zero-order valence-corrected chi connectivity index (χ0v) is 16.3. The highest BCUT2D eigenvalue weighted by atomic mass is 32.1. The summed E-state index contributed by atoms with van der Waals surface area (Å²) in [5, 5.41) is 12.0. The summed E-state index contributed by atoms with van der Waals surface area (Å²) in [7, 11) is 0. The number of thiocarbonyl (C=S) groups is 1. The van der Waals surface area contributed by atoms with Crippen molar-refractivity contribution in [2.24, 2.45) is 0 Å². The van der Waals surface area contributed by atoms with Gasteiger partial charge in [-0.3, -0.25) is 10.1 Å². The van der Waals surface area contributed by atoms with Crippen LogP contribution in [0, 0.1) is 11.3 Å². The van der Waals surface area contributed by atoms with Crippen LogP contribution in [0.1, 0.15) is 36.2 Å². The smallest absolute Gasteiger partial charge is 0.257 e. The number of amides is 1. The number of nitriles is 1. The molecule has 1 amide bonds. The van der Waals surface area contributed by atoms with Gasteiger partial charge in [0.25, 0.3) is 5.91 Å². The molecule has 5 nitrogen and oxygen atoms in total.